The Hall–Kier alpha value is -1.55. The van der Waals surface area contributed by atoms with E-state index in [1.807, 2.05) is 0 Å². The molecule has 0 aliphatic heterocycles. The first-order chi connectivity index (χ1) is 10.1. The molecule has 5 heteroatoms. The monoisotopic (exact) mass is 309 g/mol. The zero-order valence-corrected chi connectivity index (χ0v) is 12.7. The van der Waals surface area contributed by atoms with Gasteiger partial charge in [-0.25, -0.2) is 4.79 Å². The third-order valence-corrected chi connectivity index (χ3v) is 3.94. The fourth-order valence-corrected chi connectivity index (χ4v) is 2.72. The SMILES string of the molecule is O=C(COC(=O)c1cccc(Cl)c1)NCC1CCCCC1. The second-order valence-electron chi connectivity index (χ2n) is 5.39. The maximum absolute atomic E-state index is 11.7. The predicted octanol–water partition coefficient (Wildman–Crippen LogP) is 3.19. The molecule has 0 atom stereocenters. The first-order valence-electron chi connectivity index (χ1n) is 7.34. The highest BCUT2D eigenvalue weighted by atomic mass is 35.5. The summed E-state index contributed by atoms with van der Waals surface area (Å²) in [5.41, 5.74) is 0.350. The van der Waals surface area contributed by atoms with Gasteiger partial charge in [0.15, 0.2) is 6.61 Å². The van der Waals surface area contributed by atoms with Crippen LogP contribution in [-0.4, -0.2) is 25.0 Å². The minimum absolute atomic E-state index is 0.252. The molecule has 0 heterocycles. The van der Waals surface area contributed by atoms with Gasteiger partial charge in [0.05, 0.1) is 5.56 Å². The van der Waals surface area contributed by atoms with Gasteiger partial charge in [0.2, 0.25) is 0 Å². The van der Waals surface area contributed by atoms with E-state index in [1.54, 1.807) is 18.2 Å². The molecule has 114 valence electrons. The van der Waals surface area contributed by atoms with Crippen LogP contribution in [0.3, 0.4) is 0 Å². The van der Waals surface area contributed by atoms with Crippen molar-refractivity contribution in [1.29, 1.82) is 0 Å². The fraction of sp³-hybridized carbons (Fsp3) is 0.500. The van der Waals surface area contributed by atoms with Gasteiger partial charge in [-0.05, 0) is 37.0 Å². The Morgan fingerprint density at radius 1 is 1.24 bits per heavy atom. The smallest absolute Gasteiger partial charge is 0.338 e. The molecule has 1 fully saturated rings. The van der Waals surface area contributed by atoms with Gasteiger partial charge in [-0.1, -0.05) is 36.9 Å². The van der Waals surface area contributed by atoms with Gasteiger partial charge < -0.3 is 10.1 Å². The van der Waals surface area contributed by atoms with Crippen molar-refractivity contribution < 1.29 is 14.3 Å². The van der Waals surface area contributed by atoms with E-state index in [4.69, 9.17) is 16.3 Å². The molecule has 2 rings (SSSR count). The molecule has 4 nitrogen and oxygen atoms in total. The minimum Gasteiger partial charge on any atom is -0.452 e. The Kier molecular flexibility index (Phi) is 6.05. The van der Waals surface area contributed by atoms with Gasteiger partial charge in [-0.2, -0.15) is 0 Å². The highest BCUT2D eigenvalue weighted by Crippen LogP contribution is 2.22. The van der Waals surface area contributed by atoms with Gasteiger partial charge >= 0.3 is 5.97 Å². The maximum atomic E-state index is 11.7. The van der Waals surface area contributed by atoms with Crippen molar-refractivity contribution >= 4 is 23.5 Å². The number of hydrogen-bond acceptors (Lipinski definition) is 3. The van der Waals surface area contributed by atoms with Crippen LogP contribution in [0, 0.1) is 5.92 Å². The number of benzene rings is 1. The van der Waals surface area contributed by atoms with Crippen LogP contribution in [0.25, 0.3) is 0 Å². The highest BCUT2D eigenvalue weighted by Gasteiger charge is 2.15. The van der Waals surface area contributed by atoms with Gasteiger partial charge in [0, 0.05) is 11.6 Å². The summed E-state index contributed by atoms with van der Waals surface area (Å²) in [6.07, 6.45) is 6.11. The molecule has 0 saturated heterocycles. The lowest BCUT2D eigenvalue weighted by molar-refractivity contribution is -0.124. The van der Waals surface area contributed by atoms with Gasteiger partial charge in [-0.15, -0.1) is 0 Å². The van der Waals surface area contributed by atoms with Crippen LogP contribution in [0.5, 0.6) is 0 Å². The van der Waals surface area contributed by atoms with Crippen molar-refractivity contribution in [3.63, 3.8) is 0 Å². The molecule has 0 bridgehead atoms. The Balaban J connectivity index is 1.69. The molecule has 0 aromatic heterocycles. The molecule has 1 amide bonds. The molecule has 0 spiro atoms. The molecule has 1 aromatic rings. The van der Waals surface area contributed by atoms with Gasteiger partial charge in [0.1, 0.15) is 0 Å². The summed E-state index contributed by atoms with van der Waals surface area (Å²) in [5.74, 6) is -0.229. The number of rotatable bonds is 5. The Bertz CT molecular complexity index is 498. The second kappa shape index (κ2) is 8.03. The van der Waals surface area contributed by atoms with Crippen LogP contribution in [0.2, 0.25) is 5.02 Å². The minimum atomic E-state index is -0.537. The van der Waals surface area contributed by atoms with Crippen molar-refractivity contribution in [3.8, 4) is 0 Å². The Morgan fingerprint density at radius 2 is 2.00 bits per heavy atom. The fourth-order valence-electron chi connectivity index (χ4n) is 2.53. The lowest BCUT2D eigenvalue weighted by Gasteiger charge is -2.21. The highest BCUT2D eigenvalue weighted by molar-refractivity contribution is 6.30. The number of amides is 1. The number of halogens is 1. The topological polar surface area (TPSA) is 55.4 Å². The number of nitrogens with one attached hydrogen (secondary N) is 1. The first kappa shape index (κ1) is 15.8. The number of carbonyl (C=O) groups is 2. The molecule has 1 aromatic carbocycles. The van der Waals surface area contributed by atoms with E-state index in [-0.39, 0.29) is 12.5 Å². The summed E-state index contributed by atoms with van der Waals surface area (Å²) in [4.78, 5) is 23.4. The zero-order valence-electron chi connectivity index (χ0n) is 11.9. The average Bonchev–Trinajstić information content (AvgIpc) is 2.51. The largest absolute Gasteiger partial charge is 0.452 e. The summed E-state index contributed by atoms with van der Waals surface area (Å²) in [6.45, 7) is 0.422. The van der Waals surface area contributed by atoms with E-state index in [2.05, 4.69) is 5.32 Å². The molecule has 21 heavy (non-hydrogen) atoms. The first-order valence-corrected chi connectivity index (χ1v) is 7.72. The third kappa shape index (κ3) is 5.38. The van der Waals surface area contributed by atoms with Gasteiger partial charge in [-0.3, -0.25) is 4.79 Å². The van der Waals surface area contributed by atoms with Crippen molar-refractivity contribution in [3.05, 3.63) is 34.9 Å². The van der Waals surface area contributed by atoms with Crippen molar-refractivity contribution in [2.45, 2.75) is 32.1 Å². The Morgan fingerprint density at radius 3 is 2.71 bits per heavy atom. The molecule has 1 N–H and O–H groups in total. The number of esters is 1. The van der Waals surface area contributed by atoms with Crippen molar-refractivity contribution in [1.82, 2.24) is 5.32 Å². The average molecular weight is 310 g/mol. The van der Waals surface area contributed by atoms with Crippen LogP contribution < -0.4 is 5.32 Å². The normalized spacial score (nSPS) is 15.5. The summed E-state index contributed by atoms with van der Waals surface area (Å²) >= 11 is 5.80. The van der Waals surface area contributed by atoms with E-state index >= 15 is 0 Å². The van der Waals surface area contributed by atoms with Crippen LogP contribution in [-0.2, 0) is 9.53 Å². The van der Waals surface area contributed by atoms with E-state index < -0.39 is 5.97 Å². The zero-order chi connectivity index (χ0) is 15.1. The van der Waals surface area contributed by atoms with Crippen molar-refractivity contribution in [2.75, 3.05) is 13.2 Å². The van der Waals surface area contributed by atoms with Crippen molar-refractivity contribution in [2.24, 2.45) is 5.92 Å². The van der Waals surface area contributed by atoms with Crippen LogP contribution >= 0.6 is 11.6 Å². The second-order valence-corrected chi connectivity index (χ2v) is 5.83. The lowest BCUT2D eigenvalue weighted by Crippen LogP contribution is -2.33. The third-order valence-electron chi connectivity index (χ3n) is 3.71. The molecule has 1 aliphatic rings. The van der Waals surface area contributed by atoms with E-state index in [0.29, 0.717) is 23.0 Å². The van der Waals surface area contributed by atoms with Crippen LogP contribution in [0.4, 0.5) is 0 Å². The molecule has 0 unspecified atom stereocenters. The number of carbonyl (C=O) groups excluding carboxylic acids is 2. The lowest BCUT2D eigenvalue weighted by atomic mass is 9.89. The van der Waals surface area contributed by atoms with Gasteiger partial charge in [0.25, 0.3) is 5.91 Å². The summed E-state index contributed by atoms with van der Waals surface area (Å²) in [6, 6.07) is 6.47. The van der Waals surface area contributed by atoms with Crippen LogP contribution in [0.1, 0.15) is 42.5 Å². The quantitative estimate of drug-likeness (QED) is 0.850. The molecule has 0 radical (unpaired) electrons. The predicted molar refractivity (Wildman–Crippen MR) is 81.3 cm³/mol. The molecule has 1 saturated carbocycles. The molecular formula is C16H20ClNO3. The number of ether oxygens (including phenoxy) is 1. The Labute approximate surface area is 129 Å². The number of hydrogen-bond donors (Lipinski definition) is 1. The standard InChI is InChI=1S/C16H20ClNO3/c17-14-8-4-7-13(9-14)16(20)21-11-15(19)18-10-12-5-2-1-3-6-12/h4,7-9,12H,1-3,5-6,10-11H2,(H,18,19). The molecular weight excluding hydrogens is 290 g/mol. The van der Waals surface area contributed by atoms with E-state index in [9.17, 15) is 9.59 Å². The molecule has 1 aliphatic carbocycles. The summed E-state index contributed by atoms with van der Waals surface area (Å²) in [7, 11) is 0. The maximum Gasteiger partial charge on any atom is 0.338 e. The van der Waals surface area contributed by atoms with E-state index in [0.717, 1.165) is 0 Å². The summed E-state index contributed by atoms with van der Waals surface area (Å²) in [5, 5.41) is 3.29. The van der Waals surface area contributed by atoms with Crippen LogP contribution in [0.15, 0.2) is 24.3 Å². The van der Waals surface area contributed by atoms with E-state index in [1.165, 1.54) is 38.2 Å². The summed E-state index contributed by atoms with van der Waals surface area (Å²) < 4.78 is 4.98.